The predicted octanol–water partition coefficient (Wildman–Crippen LogP) is 2.52. The van der Waals surface area contributed by atoms with Crippen molar-refractivity contribution in [3.8, 4) is 0 Å². The zero-order chi connectivity index (χ0) is 15.3. The molecule has 0 atom stereocenters. The zero-order valence-corrected chi connectivity index (χ0v) is 13.6. The molecule has 2 N–H and O–H groups in total. The van der Waals surface area contributed by atoms with Gasteiger partial charge in [-0.05, 0) is 33.8 Å². The molecule has 21 heavy (non-hydrogen) atoms. The summed E-state index contributed by atoms with van der Waals surface area (Å²) in [5.41, 5.74) is 0.968. The fourth-order valence-corrected chi connectivity index (χ4v) is 3.29. The first kappa shape index (κ1) is 15.7. The van der Waals surface area contributed by atoms with Gasteiger partial charge in [0.25, 0.3) is 0 Å². The van der Waals surface area contributed by atoms with Crippen molar-refractivity contribution in [3.63, 3.8) is 0 Å². The third kappa shape index (κ3) is 4.41. The van der Waals surface area contributed by atoms with Crippen LogP contribution in [0, 0.1) is 0 Å². The van der Waals surface area contributed by atoms with Crippen LogP contribution in [0.2, 0.25) is 0 Å². The monoisotopic (exact) mass is 322 g/mol. The van der Waals surface area contributed by atoms with Crippen LogP contribution in [0.5, 0.6) is 0 Å². The molecule has 2 aromatic rings. The van der Waals surface area contributed by atoms with E-state index in [4.69, 9.17) is 0 Å². The van der Waals surface area contributed by atoms with Crippen molar-refractivity contribution in [1.82, 2.24) is 10.6 Å². The molecule has 4 nitrogen and oxygen atoms in total. The molecular formula is C15H18N2O2S2. The van der Waals surface area contributed by atoms with E-state index in [1.807, 2.05) is 42.8 Å². The molecule has 0 fully saturated rings. The molecule has 0 aliphatic heterocycles. The Kier molecular flexibility index (Phi) is 5.14. The second kappa shape index (κ2) is 6.87. The summed E-state index contributed by atoms with van der Waals surface area (Å²) in [6, 6.07) is 5.87. The van der Waals surface area contributed by atoms with Gasteiger partial charge >= 0.3 is 11.8 Å². The third-order valence-electron chi connectivity index (χ3n) is 3.20. The van der Waals surface area contributed by atoms with Crippen LogP contribution in [0.1, 0.15) is 24.3 Å². The molecule has 0 unspecified atom stereocenters. The van der Waals surface area contributed by atoms with Gasteiger partial charge in [0, 0.05) is 16.8 Å². The summed E-state index contributed by atoms with van der Waals surface area (Å²) in [6.45, 7) is 4.89. The first-order valence-corrected chi connectivity index (χ1v) is 8.42. The van der Waals surface area contributed by atoms with Crippen molar-refractivity contribution in [3.05, 3.63) is 44.8 Å². The molecule has 0 saturated carbocycles. The van der Waals surface area contributed by atoms with Crippen LogP contribution < -0.4 is 10.6 Å². The number of thiophene rings is 2. The van der Waals surface area contributed by atoms with Crippen molar-refractivity contribution < 1.29 is 9.59 Å². The maximum Gasteiger partial charge on any atom is 0.309 e. The van der Waals surface area contributed by atoms with Crippen molar-refractivity contribution in [2.45, 2.75) is 25.8 Å². The predicted molar refractivity (Wildman–Crippen MR) is 86.5 cm³/mol. The molecule has 0 aliphatic carbocycles. The van der Waals surface area contributed by atoms with Crippen LogP contribution in [0.4, 0.5) is 0 Å². The number of carbonyl (C=O) groups excluding carboxylic acids is 2. The van der Waals surface area contributed by atoms with E-state index >= 15 is 0 Å². The molecule has 2 rings (SSSR count). The second-order valence-electron chi connectivity index (χ2n) is 5.34. The van der Waals surface area contributed by atoms with Crippen LogP contribution in [0.3, 0.4) is 0 Å². The van der Waals surface area contributed by atoms with E-state index < -0.39 is 11.8 Å². The summed E-state index contributed by atoms with van der Waals surface area (Å²) in [6.07, 6.45) is 0. The zero-order valence-electron chi connectivity index (χ0n) is 12.0. The average molecular weight is 322 g/mol. The highest BCUT2D eigenvalue weighted by atomic mass is 32.1. The molecular weight excluding hydrogens is 304 g/mol. The lowest BCUT2D eigenvalue weighted by atomic mass is 9.86. The standard InChI is InChI=1S/C15H18N2O2S2/c1-15(2,11-5-7-20-9-11)10-17-14(19)13(18)16-8-12-4-3-6-21-12/h3-7,9H,8,10H2,1-2H3,(H,16,18)(H,17,19). The molecule has 2 amide bonds. The molecule has 0 spiro atoms. The van der Waals surface area contributed by atoms with E-state index in [2.05, 4.69) is 16.0 Å². The Bertz CT molecular complexity index is 589. The van der Waals surface area contributed by atoms with E-state index in [9.17, 15) is 9.59 Å². The number of nitrogens with one attached hydrogen (secondary N) is 2. The molecule has 112 valence electrons. The summed E-state index contributed by atoms with van der Waals surface area (Å²) in [4.78, 5) is 24.5. The topological polar surface area (TPSA) is 58.2 Å². The molecule has 2 heterocycles. The Morgan fingerprint density at radius 2 is 1.90 bits per heavy atom. The van der Waals surface area contributed by atoms with Crippen LogP contribution in [0.25, 0.3) is 0 Å². The second-order valence-corrected chi connectivity index (χ2v) is 7.15. The SMILES string of the molecule is CC(C)(CNC(=O)C(=O)NCc1cccs1)c1ccsc1. The molecule has 2 aromatic heterocycles. The Labute approximate surface area is 132 Å². The number of carbonyl (C=O) groups is 2. The molecule has 0 saturated heterocycles. The van der Waals surface area contributed by atoms with E-state index in [-0.39, 0.29) is 5.41 Å². The van der Waals surface area contributed by atoms with Gasteiger partial charge in [0.1, 0.15) is 0 Å². The fraction of sp³-hybridized carbons (Fsp3) is 0.333. The Morgan fingerprint density at radius 3 is 2.52 bits per heavy atom. The van der Waals surface area contributed by atoms with E-state index in [1.54, 1.807) is 22.7 Å². The molecule has 6 heteroatoms. The Balaban J connectivity index is 1.80. The molecule has 0 aliphatic rings. The van der Waals surface area contributed by atoms with Gasteiger partial charge in [-0.3, -0.25) is 9.59 Å². The smallest absolute Gasteiger partial charge is 0.309 e. The minimum atomic E-state index is -0.593. The van der Waals surface area contributed by atoms with Crippen molar-refractivity contribution in [2.75, 3.05) is 6.54 Å². The van der Waals surface area contributed by atoms with E-state index in [0.717, 1.165) is 10.4 Å². The minimum absolute atomic E-state index is 0.191. The first-order valence-electron chi connectivity index (χ1n) is 6.60. The summed E-state index contributed by atoms with van der Waals surface area (Å²) < 4.78 is 0. The minimum Gasteiger partial charge on any atom is -0.347 e. The van der Waals surface area contributed by atoms with Crippen molar-refractivity contribution in [1.29, 1.82) is 0 Å². The van der Waals surface area contributed by atoms with Crippen LogP contribution in [0.15, 0.2) is 34.3 Å². The van der Waals surface area contributed by atoms with Gasteiger partial charge in [0.2, 0.25) is 0 Å². The number of amides is 2. The maximum atomic E-state index is 11.8. The quantitative estimate of drug-likeness (QED) is 0.831. The van der Waals surface area contributed by atoms with Crippen molar-refractivity contribution >= 4 is 34.5 Å². The summed E-state index contributed by atoms with van der Waals surface area (Å²) in [7, 11) is 0. The average Bonchev–Trinajstić information content (AvgIpc) is 3.14. The first-order chi connectivity index (χ1) is 9.99. The fourth-order valence-electron chi connectivity index (χ4n) is 1.79. The van der Waals surface area contributed by atoms with Crippen molar-refractivity contribution in [2.24, 2.45) is 0 Å². The normalized spacial score (nSPS) is 11.1. The Morgan fingerprint density at radius 1 is 1.14 bits per heavy atom. The Hall–Kier alpha value is -1.66. The maximum absolute atomic E-state index is 11.8. The van der Waals surface area contributed by atoms with E-state index in [0.29, 0.717) is 13.1 Å². The van der Waals surface area contributed by atoms with Gasteiger partial charge in [-0.1, -0.05) is 19.9 Å². The van der Waals surface area contributed by atoms with Gasteiger partial charge < -0.3 is 10.6 Å². The highest BCUT2D eigenvalue weighted by molar-refractivity contribution is 7.09. The van der Waals surface area contributed by atoms with Gasteiger partial charge in [-0.15, -0.1) is 11.3 Å². The van der Waals surface area contributed by atoms with E-state index in [1.165, 1.54) is 0 Å². The summed E-state index contributed by atoms with van der Waals surface area (Å²) in [5.74, 6) is -1.18. The van der Waals surface area contributed by atoms with Crippen LogP contribution in [-0.2, 0) is 21.5 Å². The summed E-state index contributed by atoms with van der Waals surface area (Å²) >= 11 is 3.17. The summed E-state index contributed by atoms with van der Waals surface area (Å²) in [5, 5.41) is 11.3. The largest absolute Gasteiger partial charge is 0.347 e. The number of hydrogen-bond donors (Lipinski definition) is 2. The number of hydrogen-bond acceptors (Lipinski definition) is 4. The highest BCUT2D eigenvalue weighted by Gasteiger charge is 2.23. The molecule has 0 aromatic carbocycles. The molecule has 0 radical (unpaired) electrons. The lowest BCUT2D eigenvalue weighted by Crippen LogP contribution is -2.44. The van der Waals surface area contributed by atoms with Gasteiger partial charge in [-0.2, -0.15) is 11.3 Å². The van der Waals surface area contributed by atoms with Crippen LogP contribution in [-0.4, -0.2) is 18.4 Å². The lowest BCUT2D eigenvalue weighted by molar-refractivity contribution is -0.139. The lowest BCUT2D eigenvalue weighted by Gasteiger charge is -2.23. The van der Waals surface area contributed by atoms with Gasteiger partial charge in [0.05, 0.1) is 6.54 Å². The van der Waals surface area contributed by atoms with Gasteiger partial charge in [0.15, 0.2) is 0 Å². The molecule has 0 bridgehead atoms. The highest BCUT2D eigenvalue weighted by Crippen LogP contribution is 2.24. The number of rotatable bonds is 5. The van der Waals surface area contributed by atoms with Gasteiger partial charge in [-0.25, -0.2) is 0 Å². The third-order valence-corrected chi connectivity index (χ3v) is 4.76. The van der Waals surface area contributed by atoms with Crippen LogP contribution >= 0.6 is 22.7 Å².